The van der Waals surface area contributed by atoms with Crippen molar-refractivity contribution >= 4 is 29.1 Å². The van der Waals surface area contributed by atoms with Gasteiger partial charge >= 0.3 is 0 Å². The summed E-state index contributed by atoms with van der Waals surface area (Å²) >= 11 is 12.3. The van der Waals surface area contributed by atoms with Gasteiger partial charge in [-0.05, 0) is 34.9 Å². The molecule has 2 aromatic rings. The van der Waals surface area contributed by atoms with Gasteiger partial charge in [0.2, 0.25) is 5.91 Å². The molecule has 4 nitrogen and oxygen atoms in total. The van der Waals surface area contributed by atoms with Gasteiger partial charge in [-0.15, -0.1) is 0 Å². The van der Waals surface area contributed by atoms with Gasteiger partial charge in [0.1, 0.15) is 0 Å². The summed E-state index contributed by atoms with van der Waals surface area (Å²) in [6.45, 7) is 0. The zero-order valence-corrected chi connectivity index (χ0v) is 13.4. The first-order valence-electron chi connectivity index (χ1n) is 6.90. The summed E-state index contributed by atoms with van der Waals surface area (Å²) in [5.74, 6) is -0.102. The van der Waals surface area contributed by atoms with E-state index in [1.54, 1.807) is 36.4 Å². The van der Waals surface area contributed by atoms with Gasteiger partial charge in [-0.2, -0.15) is 0 Å². The fourth-order valence-corrected chi connectivity index (χ4v) is 3.53. The lowest BCUT2D eigenvalue weighted by Crippen LogP contribution is -2.36. The minimum absolute atomic E-state index is 0.102. The predicted molar refractivity (Wildman–Crippen MR) is 84.1 cm³/mol. The van der Waals surface area contributed by atoms with Crippen LogP contribution in [0.15, 0.2) is 35.1 Å². The quantitative estimate of drug-likeness (QED) is 0.933. The third-order valence-electron chi connectivity index (χ3n) is 4.04. The Bertz CT molecular complexity index is 700. The first-order chi connectivity index (χ1) is 10.5. The van der Waals surface area contributed by atoms with Crippen LogP contribution in [0.25, 0.3) is 0 Å². The van der Waals surface area contributed by atoms with Gasteiger partial charge in [-0.1, -0.05) is 23.2 Å². The minimum atomic E-state index is -0.690. The molecule has 1 aromatic heterocycles. The third kappa shape index (κ3) is 2.74. The Hall–Kier alpha value is -1.49. The fraction of sp³-hybridized carbons (Fsp3) is 0.312. The summed E-state index contributed by atoms with van der Waals surface area (Å²) in [5.41, 5.74) is 2.47. The van der Waals surface area contributed by atoms with Crippen LogP contribution in [0.3, 0.4) is 0 Å². The number of nitrogens with zero attached hydrogens (tertiary/aromatic N) is 1. The number of furan rings is 1. The first-order valence-corrected chi connectivity index (χ1v) is 7.65. The number of benzene rings is 1. The van der Waals surface area contributed by atoms with Crippen LogP contribution in [0.5, 0.6) is 0 Å². The van der Waals surface area contributed by atoms with Crippen molar-refractivity contribution in [3.63, 3.8) is 0 Å². The summed E-state index contributed by atoms with van der Waals surface area (Å²) in [4.78, 5) is 14.0. The van der Waals surface area contributed by atoms with Crippen molar-refractivity contribution in [2.45, 2.75) is 25.0 Å². The minimum Gasteiger partial charge on any atom is -0.472 e. The van der Waals surface area contributed by atoms with Crippen LogP contribution in [0.2, 0.25) is 10.0 Å². The van der Waals surface area contributed by atoms with Crippen LogP contribution in [0, 0.1) is 0 Å². The molecule has 3 rings (SSSR count). The van der Waals surface area contributed by atoms with E-state index in [0.29, 0.717) is 16.5 Å². The lowest BCUT2D eigenvalue weighted by atomic mass is 10.1. The van der Waals surface area contributed by atoms with Crippen LogP contribution < -0.4 is 0 Å². The number of fused-ring (bicyclic) bond motifs is 1. The van der Waals surface area contributed by atoms with Crippen molar-refractivity contribution in [2.24, 2.45) is 0 Å². The Balaban J connectivity index is 1.87. The molecule has 1 amide bonds. The molecule has 0 saturated heterocycles. The van der Waals surface area contributed by atoms with Gasteiger partial charge in [0.05, 0.1) is 31.1 Å². The number of hydrogen-bond acceptors (Lipinski definition) is 3. The molecule has 0 bridgehead atoms. The number of amides is 1. The molecular formula is C16H15Cl2NO3. The van der Waals surface area contributed by atoms with Crippen molar-refractivity contribution in [3.05, 3.63) is 57.5 Å². The van der Waals surface area contributed by atoms with Crippen LogP contribution in [0.4, 0.5) is 0 Å². The lowest BCUT2D eigenvalue weighted by Gasteiger charge is -2.28. The largest absolute Gasteiger partial charge is 0.472 e. The van der Waals surface area contributed by atoms with E-state index in [1.807, 2.05) is 0 Å². The average molecular weight is 340 g/mol. The molecule has 1 heterocycles. The Kier molecular flexibility index (Phi) is 4.17. The molecule has 0 fully saturated rings. The molecule has 2 atom stereocenters. The standard InChI is InChI=1S/C16H15Cl2NO3/c1-19(15(21)4-9-2-3-22-8-9)16-12-5-10(17)6-13(18)11(12)7-14(16)20/h2-3,5-6,8,14,16,20H,4,7H2,1H3/t14-,16-/m0/s1. The molecule has 0 unspecified atom stereocenters. The van der Waals surface area contributed by atoms with E-state index in [9.17, 15) is 9.90 Å². The normalized spacial score (nSPS) is 20.0. The van der Waals surface area contributed by atoms with Crippen LogP contribution >= 0.6 is 23.2 Å². The number of aliphatic hydroxyl groups excluding tert-OH is 1. The van der Waals surface area contributed by atoms with E-state index in [0.717, 1.165) is 16.7 Å². The van der Waals surface area contributed by atoms with E-state index in [2.05, 4.69) is 0 Å². The second kappa shape index (κ2) is 5.95. The Morgan fingerprint density at radius 1 is 1.45 bits per heavy atom. The predicted octanol–water partition coefficient (Wildman–Crippen LogP) is 3.25. The van der Waals surface area contributed by atoms with Crippen molar-refractivity contribution in [3.8, 4) is 0 Å². The van der Waals surface area contributed by atoms with E-state index in [1.165, 1.54) is 6.26 Å². The second-order valence-electron chi connectivity index (χ2n) is 5.48. The molecule has 6 heteroatoms. The molecule has 0 radical (unpaired) electrons. The Morgan fingerprint density at radius 2 is 2.23 bits per heavy atom. The van der Waals surface area contributed by atoms with Gasteiger partial charge < -0.3 is 14.4 Å². The molecule has 1 aromatic carbocycles. The van der Waals surface area contributed by atoms with E-state index in [4.69, 9.17) is 27.6 Å². The van der Waals surface area contributed by atoms with Crippen molar-refractivity contribution in [1.29, 1.82) is 0 Å². The molecule has 1 aliphatic carbocycles. The number of likely N-dealkylation sites (N-methyl/N-ethyl adjacent to an activating group) is 1. The van der Waals surface area contributed by atoms with Crippen LogP contribution in [0.1, 0.15) is 22.7 Å². The number of carbonyl (C=O) groups is 1. The number of carbonyl (C=O) groups excluding carboxylic acids is 1. The molecule has 0 spiro atoms. The van der Waals surface area contributed by atoms with Crippen LogP contribution in [-0.2, 0) is 17.6 Å². The van der Waals surface area contributed by atoms with Gasteiger partial charge in [0.25, 0.3) is 0 Å². The topological polar surface area (TPSA) is 53.7 Å². The molecule has 1 aliphatic rings. The SMILES string of the molecule is CN(C(=O)Cc1ccoc1)[C@H]1c2cc(Cl)cc(Cl)c2C[C@@H]1O. The summed E-state index contributed by atoms with van der Waals surface area (Å²) < 4.78 is 4.97. The average Bonchev–Trinajstić information content (AvgIpc) is 3.05. The fourth-order valence-electron chi connectivity index (χ4n) is 2.95. The summed E-state index contributed by atoms with van der Waals surface area (Å²) in [7, 11) is 1.68. The first kappa shape index (κ1) is 15.4. The number of hydrogen-bond donors (Lipinski definition) is 1. The zero-order valence-electron chi connectivity index (χ0n) is 11.9. The van der Waals surface area contributed by atoms with E-state index < -0.39 is 12.1 Å². The Labute approximate surface area is 138 Å². The zero-order chi connectivity index (χ0) is 15.9. The summed E-state index contributed by atoms with van der Waals surface area (Å²) in [6.07, 6.45) is 3.02. The van der Waals surface area contributed by atoms with Crippen LogP contribution in [-0.4, -0.2) is 29.1 Å². The highest BCUT2D eigenvalue weighted by Crippen LogP contribution is 2.40. The third-order valence-corrected chi connectivity index (χ3v) is 4.59. The molecule has 0 saturated carbocycles. The number of rotatable bonds is 3. The highest BCUT2D eigenvalue weighted by molar-refractivity contribution is 6.35. The van der Waals surface area contributed by atoms with E-state index >= 15 is 0 Å². The highest BCUT2D eigenvalue weighted by Gasteiger charge is 2.37. The Morgan fingerprint density at radius 3 is 2.91 bits per heavy atom. The monoisotopic (exact) mass is 339 g/mol. The van der Waals surface area contributed by atoms with Gasteiger partial charge in [-0.25, -0.2) is 0 Å². The smallest absolute Gasteiger partial charge is 0.227 e. The second-order valence-corrected chi connectivity index (χ2v) is 6.33. The highest BCUT2D eigenvalue weighted by atomic mass is 35.5. The molecule has 1 N–H and O–H groups in total. The van der Waals surface area contributed by atoms with E-state index in [-0.39, 0.29) is 12.3 Å². The maximum atomic E-state index is 12.4. The summed E-state index contributed by atoms with van der Waals surface area (Å²) in [6, 6.07) is 4.74. The maximum absolute atomic E-state index is 12.4. The number of halogens is 2. The van der Waals surface area contributed by atoms with Crippen molar-refractivity contribution in [2.75, 3.05) is 7.05 Å². The van der Waals surface area contributed by atoms with Gasteiger partial charge in [-0.3, -0.25) is 4.79 Å². The van der Waals surface area contributed by atoms with Crippen molar-refractivity contribution in [1.82, 2.24) is 4.90 Å². The van der Waals surface area contributed by atoms with Crippen molar-refractivity contribution < 1.29 is 14.3 Å². The van der Waals surface area contributed by atoms with Gasteiger partial charge in [0, 0.05) is 23.5 Å². The molecule has 116 valence electrons. The van der Waals surface area contributed by atoms with Gasteiger partial charge in [0.15, 0.2) is 0 Å². The maximum Gasteiger partial charge on any atom is 0.227 e. The lowest BCUT2D eigenvalue weighted by molar-refractivity contribution is -0.133. The molecular weight excluding hydrogens is 325 g/mol. The molecule has 0 aliphatic heterocycles. The summed E-state index contributed by atoms with van der Waals surface area (Å²) in [5, 5.41) is 11.4. The molecule has 22 heavy (non-hydrogen) atoms. The number of aliphatic hydroxyl groups is 1.